The average molecular weight is 311 g/mol. The van der Waals surface area contributed by atoms with Crippen LogP contribution in [0.2, 0.25) is 0 Å². The lowest BCUT2D eigenvalue weighted by atomic mass is 10.1. The first-order valence-corrected chi connectivity index (χ1v) is 7.35. The van der Waals surface area contributed by atoms with Gasteiger partial charge in [0, 0.05) is 12.6 Å². The first kappa shape index (κ1) is 16.4. The van der Waals surface area contributed by atoms with Crippen LogP contribution in [0.5, 0.6) is 0 Å². The standard InChI is InChI=1S/C16H20F3N3/c1-2-20-15(22-14-5-3-4-6-14)21-11-12-7-9-13(10-8-12)16(17,18)19/h3-4,7-10,14H,2,5-6,11H2,1H3,(H2,20,21,22). The Morgan fingerprint density at radius 1 is 1.18 bits per heavy atom. The van der Waals surface area contributed by atoms with Crippen LogP contribution in [0.25, 0.3) is 0 Å². The molecule has 22 heavy (non-hydrogen) atoms. The fraction of sp³-hybridized carbons (Fsp3) is 0.438. The van der Waals surface area contributed by atoms with Gasteiger partial charge in [0.1, 0.15) is 0 Å². The highest BCUT2D eigenvalue weighted by atomic mass is 19.4. The topological polar surface area (TPSA) is 36.4 Å². The Morgan fingerprint density at radius 3 is 2.36 bits per heavy atom. The molecule has 0 aromatic heterocycles. The molecule has 1 aromatic carbocycles. The number of hydrogen-bond acceptors (Lipinski definition) is 1. The summed E-state index contributed by atoms with van der Waals surface area (Å²) in [5.41, 5.74) is 0.108. The lowest BCUT2D eigenvalue weighted by Crippen LogP contribution is -2.42. The van der Waals surface area contributed by atoms with Gasteiger partial charge in [0.25, 0.3) is 0 Å². The second-order valence-electron chi connectivity index (χ2n) is 5.17. The average Bonchev–Trinajstić information content (AvgIpc) is 2.97. The molecule has 0 fully saturated rings. The highest BCUT2D eigenvalue weighted by Gasteiger charge is 2.29. The number of benzene rings is 1. The van der Waals surface area contributed by atoms with Crippen LogP contribution in [-0.2, 0) is 12.7 Å². The lowest BCUT2D eigenvalue weighted by molar-refractivity contribution is -0.137. The van der Waals surface area contributed by atoms with Crippen molar-refractivity contribution >= 4 is 5.96 Å². The van der Waals surface area contributed by atoms with Gasteiger partial charge in [0.2, 0.25) is 0 Å². The number of nitrogens with zero attached hydrogens (tertiary/aromatic N) is 1. The Bertz CT molecular complexity index is 525. The van der Waals surface area contributed by atoms with Crippen LogP contribution in [0, 0.1) is 0 Å². The Labute approximate surface area is 128 Å². The molecule has 0 bridgehead atoms. The molecule has 0 saturated carbocycles. The number of guanidine groups is 1. The molecule has 1 aliphatic carbocycles. The van der Waals surface area contributed by atoms with E-state index < -0.39 is 11.7 Å². The van der Waals surface area contributed by atoms with Crippen LogP contribution >= 0.6 is 0 Å². The van der Waals surface area contributed by atoms with E-state index in [4.69, 9.17) is 0 Å². The van der Waals surface area contributed by atoms with Gasteiger partial charge >= 0.3 is 6.18 Å². The summed E-state index contributed by atoms with van der Waals surface area (Å²) in [5.74, 6) is 0.691. The predicted molar refractivity (Wildman–Crippen MR) is 81.6 cm³/mol. The minimum absolute atomic E-state index is 0.338. The van der Waals surface area contributed by atoms with Crippen molar-refractivity contribution in [1.82, 2.24) is 10.6 Å². The molecule has 0 amide bonds. The highest BCUT2D eigenvalue weighted by molar-refractivity contribution is 5.80. The van der Waals surface area contributed by atoms with Gasteiger partial charge < -0.3 is 10.6 Å². The fourth-order valence-corrected chi connectivity index (χ4v) is 2.22. The van der Waals surface area contributed by atoms with Crippen molar-refractivity contribution < 1.29 is 13.2 Å². The Kier molecular flexibility index (Phi) is 5.46. The SMILES string of the molecule is CCNC(=NCc1ccc(C(F)(F)F)cc1)NC1CC=CC1. The molecule has 2 N–H and O–H groups in total. The van der Waals surface area contributed by atoms with Crippen molar-refractivity contribution in [2.45, 2.75) is 38.5 Å². The van der Waals surface area contributed by atoms with Crippen LogP contribution in [0.15, 0.2) is 41.4 Å². The summed E-state index contributed by atoms with van der Waals surface area (Å²) >= 11 is 0. The smallest absolute Gasteiger partial charge is 0.357 e. The van der Waals surface area contributed by atoms with E-state index in [1.165, 1.54) is 12.1 Å². The summed E-state index contributed by atoms with van der Waals surface area (Å²) in [5, 5.41) is 6.47. The molecular weight excluding hydrogens is 291 g/mol. The van der Waals surface area contributed by atoms with E-state index in [1.807, 2.05) is 6.92 Å². The minimum atomic E-state index is -4.30. The van der Waals surface area contributed by atoms with E-state index in [-0.39, 0.29) is 0 Å². The molecule has 0 radical (unpaired) electrons. The van der Waals surface area contributed by atoms with E-state index in [0.29, 0.717) is 18.5 Å². The maximum absolute atomic E-state index is 12.5. The third-order valence-corrected chi connectivity index (χ3v) is 3.39. The van der Waals surface area contributed by atoms with Crippen LogP contribution < -0.4 is 10.6 Å². The maximum atomic E-state index is 12.5. The summed E-state index contributed by atoms with van der Waals surface area (Å²) in [6.45, 7) is 3.05. The van der Waals surface area contributed by atoms with E-state index in [1.54, 1.807) is 0 Å². The molecule has 0 heterocycles. The van der Waals surface area contributed by atoms with Gasteiger partial charge in [-0.05, 0) is 37.5 Å². The van der Waals surface area contributed by atoms with Crippen molar-refractivity contribution in [3.8, 4) is 0 Å². The van der Waals surface area contributed by atoms with Crippen molar-refractivity contribution in [1.29, 1.82) is 0 Å². The van der Waals surface area contributed by atoms with Crippen LogP contribution in [0.3, 0.4) is 0 Å². The van der Waals surface area contributed by atoms with Crippen LogP contribution in [0.4, 0.5) is 13.2 Å². The second kappa shape index (κ2) is 7.33. The number of aliphatic imine (C=N–C) groups is 1. The fourth-order valence-electron chi connectivity index (χ4n) is 2.22. The molecule has 1 aliphatic rings. The molecule has 0 spiro atoms. The normalized spacial score (nSPS) is 16.1. The van der Waals surface area contributed by atoms with E-state index >= 15 is 0 Å². The van der Waals surface area contributed by atoms with Crippen LogP contribution in [-0.4, -0.2) is 18.5 Å². The molecule has 0 saturated heterocycles. The summed E-state index contributed by atoms with van der Waals surface area (Å²) in [4.78, 5) is 4.42. The van der Waals surface area contributed by atoms with Gasteiger partial charge in [0.15, 0.2) is 5.96 Å². The molecule has 0 atom stereocenters. The van der Waals surface area contributed by atoms with Gasteiger partial charge in [-0.3, -0.25) is 0 Å². The first-order chi connectivity index (χ1) is 10.5. The second-order valence-corrected chi connectivity index (χ2v) is 5.17. The zero-order valence-corrected chi connectivity index (χ0v) is 12.5. The molecule has 6 heteroatoms. The number of hydrogen-bond donors (Lipinski definition) is 2. The van der Waals surface area contributed by atoms with Crippen molar-refractivity contribution in [3.63, 3.8) is 0 Å². The zero-order chi connectivity index (χ0) is 16.0. The predicted octanol–water partition coefficient (Wildman–Crippen LogP) is 3.48. The van der Waals surface area contributed by atoms with E-state index in [0.717, 1.165) is 37.1 Å². The Balaban J connectivity index is 1.97. The number of alkyl halides is 3. The molecule has 2 rings (SSSR count). The third kappa shape index (κ3) is 4.79. The summed E-state index contributed by atoms with van der Waals surface area (Å²) in [6.07, 6.45) is 1.87. The number of halogens is 3. The van der Waals surface area contributed by atoms with Gasteiger partial charge in [-0.1, -0.05) is 24.3 Å². The van der Waals surface area contributed by atoms with Crippen molar-refractivity contribution in [2.75, 3.05) is 6.54 Å². The van der Waals surface area contributed by atoms with E-state index in [9.17, 15) is 13.2 Å². The monoisotopic (exact) mass is 311 g/mol. The molecule has 0 unspecified atom stereocenters. The Hall–Kier alpha value is -1.98. The van der Waals surface area contributed by atoms with Crippen molar-refractivity contribution in [2.24, 2.45) is 4.99 Å². The number of rotatable bonds is 4. The molecule has 0 aliphatic heterocycles. The third-order valence-electron chi connectivity index (χ3n) is 3.39. The van der Waals surface area contributed by atoms with Gasteiger partial charge in [-0.2, -0.15) is 13.2 Å². The largest absolute Gasteiger partial charge is 0.416 e. The zero-order valence-electron chi connectivity index (χ0n) is 12.5. The maximum Gasteiger partial charge on any atom is 0.416 e. The van der Waals surface area contributed by atoms with Gasteiger partial charge in [-0.15, -0.1) is 0 Å². The van der Waals surface area contributed by atoms with Gasteiger partial charge in [-0.25, -0.2) is 4.99 Å². The minimum Gasteiger partial charge on any atom is -0.357 e. The van der Waals surface area contributed by atoms with Gasteiger partial charge in [0.05, 0.1) is 12.1 Å². The summed E-state index contributed by atoms with van der Waals surface area (Å²) in [7, 11) is 0. The van der Waals surface area contributed by atoms with Crippen molar-refractivity contribution in [3.05, 3.63) is 47.5 Å². The Morgan fingerprint density at radius 2 is 1.82 bits per heavy atom. The summed E-state index contributed by atoms with van der Waals surface area (Å²) < 4.78 is 37.5. The summed E-state index contributed by atoms with van der Waals surface area (Å²) in [6, 6.07) is 5.45. The van der Waals surface area contributed by atoms with Crippen LogP contribution in [0.1, 0.15) is 30.9 Å². The lowest BCUT2D eigenvalue weighted by Gasteiger charge is -2.16. The molecule has 3 nitrogen and oxygen atoms in total. The molecule has 120 valence electrons. The quantitative estimate of drug-likeness (QED) is 0.507. The molecule has 1 aromatic rings. The van der Waals surface area contributed by atoms with E-state index in [2.05, 4.69) is 27.8 Å². The first-order valence-electron chi connectivity index (χ1n) is 7.35. The highest BCUT2D eigenvalue weighted by Crippen LogP contribution is 2.29. The number of nitrogens with one attached hydrogen (secondary N) is 2. The molecular formula is C16H20F3N3.